The van der Waals surface area contributed by atoms with Gasteiger partial charge in [0.2, 0.25) is 0 Å². The zero-order valence-corrected chi connectivity index (χ0v) is 19.1. The van der Waals surface area contributed by atoms with Gasteiger partial charge in [-0.05, 0) is 0 Å². The zero-order valence-electron chi connectivity index (χ0n) is 16.2. The van der Waals surface area contributed by atoms with Crippen molar-refractivity contribution in [2.24, 2.45) is 0 Å². The quantitative estimate of drug-likeness (QED) is 0.195. The van der Waals surface area contributed by atoms with E-state index in [2.05, 4.69) is 74.5 Å². The molecule has 0 amide bonds. The van der Waals surface area contributed by atoms with Crippen molar-refractivity contribution in [2.75, 3.05) is 12.6 Å². The van der Waals surface area contributed by atoms with E-state index in [1.165, 1.54) is 41.1 Å². The van der Waals surface area contributed by atoms with Crippen LogP contribution in [0.4, 0.5) is 0 Å². The number of esters is 1. The molecule has 0 saturated carbocycles. The van der Waals surface area contributed by atoms with Crippen LogP contribution in [-0.2, 0) is 9.53 Å². The molecule has 0 aliphatic heterocycles. The number of hydrogen-bond acceptors (Lipinski definition) is 3. The topological polar surface area (TPSA) is 26.3 Å². The molecule has 0 radical (unpaired) electrons. The Labute approximate surface area is 174 Å². The monoisotopic (exact) mass is 494 g/mol. The predicted octanol–water partition coefficient (Wildman–Crippen LogP) is 6.31. The molecule has 2 nitrogen and oxygen atoms in total. The second-order valence-corrected chi connectivity index (χ2v) is 15.2. The van der Waals surface area contributed by atoms with Gasteiger partial charge in [-0.2, -0.15) is 0 Å². The van der Waals surface area contributed by atoms with E-state index in [1.807, 2.05) is 11.8 Å². The number of aryl methyl sites for hydroxylation is 1. The van der Waals surface area contributed by atoms with Gasteiger partial charge in [-0.1, -0.05) is 0 Å². The van der Waals surface area contributed by atoms with Crippen LogP contribution in [0, 0.1) is 6.92 Å². The van der Waals surface area contributed by atoms with Crippen LogP contribution in [0.25, 0.3) is 6.08 Å². The van der Waals surface area contributed by atoms with Crippen LogP contribution in [-0.4, -0.2) is 24.7 Å². The van der Waals surface area contributed by atoms with E-state index in [9.17, 15) is 4.79 Å². The summed E-state index contributed by atoms with van der Waals surface area (Å²) in [7, 11) is 0. The van der Waals surface area contributed by atoms with Crippen molar-refractivity contribution >= 4 is 43.6 Å². The van der Waals surface area contributed by atoms with Crippen molar-refractivity contribution in [3.8, 4) is 0 Å². The van der Waals surface area contributed by atoms with Gasteiger partial charge >= 0.3 is 175 Å². The molecule has 0 bridgehead atoms. The summed E-state index contributed by atoms with van der Waals surface area (Å²) in [5.41, 5.74) is 3.91. The number of ether oxygens (including phenoxy) is 1. The van der Waals surface area contributed by atoms with Crippen molar-refractivity contribution in [1.82, 2.24) is 0 Å². The fourth-order valence-electron chi connectivity index (χ4n) is 3.23. The third-order valence-corrected chi connectivity index (χ3v) is 13.7. The van der Waals surface area contributed by atoms with Crippen molar-refractivity contribution in [1.29, 1.82) is 0 Å². The van der Waals surface area contributed by atoms with Gasteiger partial charge in [0, 0.05) is 0 Å². The Morgan fingerprint density at radius 2 is 1.89 bits per heavy atom. The maximum absolute atomic E-state index is 11.6. The Hall–Kier alpha value is -1.27. The SMILES string of the molecule is CCI(CSc1ccc(C)cc1)C[C@@H]1c2ccccc2C=C[C@H]1OC(C)=O. The molecule has 0 N–H and O–H groups in total. The molecule has 1 aliphatic carbocycles. The summed E-state index contributed by atoms with van der Waals surface area (Å²) >= 11 is 0.820. The molecule has 3 rings (SSSR count). The van der Waals surface area contributed by atoms with Gasteiger partial charge in [-0.25, -0.2) is 0 Å². The number of halogens is 1. The predicted molar refractivity (Wildman–Crippen MR) is 125 cm³/mol. The van der Waals surface area contributed by atoms with Crippen molar-refractivity contribution in [3.63, 3.8) is 0 Å². The van der Waals surface area contributed by atoms with Gasteiger partial charge in [-0.3, -0.25) is 0 Å². The van der Waals surface area contributed by atoms with Crippen LogP contribution in [0.3, 0.4) is 0 Å². The van der Waals surface area contributed by atoms with Crippen LogP contribution >= 0.6 is 31.6 Å². The van der Waals surface area contributed by atoms with Gasteiger partial charge in [0.1, 0.15) is 0 Å². The standard InChI is InChI=1S/C23H27IO2S/c1-4-24(16-27-20-12-9-17(2)10-13-20)15-22-21-8-6-5-7-19(21)11-14-23(22)26-18(3)25/h5-14,22-23H,4,15-16H2,1-3H3/t22-,23-/m1/s1. The zero-order chi connectivity index (χ0) is 19.2. The van der Waals surface area contributed by atoms with Crippen LogP contribution in [0.15, 0.2) is 59.5 Å². The summed E-state index contributed by atoms with van der Waals surface area (Å²) < 4.78 is 9.36. The van der Waals surface area contributed by atoms with E-state index < -0.39 is 19.8 Å². The molecular formula is C23H27IO2S. The summed E-state index contributed by atoms with van der Waals surface area (Å²) in [6.45, 7) is 5.96. The molecule has 27 heavy (non-hydrogen) atoms. The third-order valence-electron chi connectivity index (χ3n) is 4.72. The molecular weight excluding hydrogens is 467 g/mol. The minimum absolute atomic E-state index is 0.131. The van der Waals surface area contributed by atoms with Gasteiger partial charge in [-0.15, -0.1) is 0 Å². The number of thioether (sulfide) groups is 1. The van der Waals surface area contributed by atoms with E-state index in [0.717, 1.165) is 0 Å². The Morgan fingerprint density at radius 3 is 2.59 bits per heavy atom. The number of alkyl halides is 3. The van der Waals surface area contributed by atoms with Gasteiger partial charge < -0.3 is 0 Å². The normalized spacial score (nSPS) is 18.7. The van der Waals surface area contributed by atoms with Gasteiger partial charge in [0.15, 0.2) is 0 Å². The maximum atomic E-state index is 11.6. The number of carbonyl (C=O) groups excluding carboxylic acids is 1. The number of carbonyl (C=O) groups is 1. The van der Waals surface area contributed by atoms with E-state index in [1.54, 1.807) is 0 Å². The summed E-state index contributed by atoms with van der Waals surface area (Å²) in [5.74, 6) is 0.0961. The van der Waals surface area contributed by atoms with E-state index >= 15 is 0 Å². The van der Waals surface area contributed by atoms with E-state index in [-0.39, 0.29) is 12.1 Å². The Morgan fingerprint density at radius 1 is 1.15 bits per heavy atom. The second-order valence-electron chi connectivity index (χ2n) is 6.72. The Balaban J connectivity index is 1.73. The molecule has 0 saturated heterocycles. The third kappa shape index (κ3) is 5.61. The Kier molecular flexibility index (Phi) is 7.41. The molecule has 144 valence electrons. The molecule has 0 unspecified atom stereocenters. The Bertz CT molecular complexity index is 800. The number of benzene rings is 2. The van der Waals surface area contributed by atoms with Crippen LogP contribution in [0.2, 0.25) is 0 Å². The second kappa shape index (κ2) is 9.78. The molecule has 2 aromatic rings. The first-order valence-electron chi connectivity index (χ1n) is 9.28. The summed E-state index contributed by atoms with van der Waals surface area (Å²) in [6.07, 6.45) is 4.05. The molecule has 2 atom stereocenters. The average molecular weight is 494 g/mol. The van der Waals surface area contributed by atoms with Crippen LogP contribution < -0.4 is 0 Å². The molecule has 1 aliphatic rings. The van der Waals surface area contributed by atoms with Crippen LogP contribution in [0.1, 0.15) is 36.5 Å². The summed E-state index contributed by atoms with van der Waals surface area (Å²) in [5, 5.41) is 0. The first kappa shape index (κ1) is 20.5. The molecule has 0 fully saturated rings. The molecule has 4 heteroatoms. The van der Waals surface area contributed by atoms with Crippen molar-refractivity contribution in [2.45, 2.75) is 37.7 Å². The van der Waals surface area contributed by atoms with E-state index in [0.29, 0.717) is 5.92 Å². The molecule has 0 spiro atoms. The van der Waals surface area contributed by atoms with Crippen molar-refractivity contribution in [3.05, 3.63) is 71.3 Å². The number of rotatable bonds is 7. The number of fused-ring (bicyclic) bond motifs is 1. The first-order chi connectivity index (χ1) is 13.1. The van der Waals surface area contributed by atoms with Crippen LogP contribution in [0.5, 0.6) is 0 Å². The first-order valence-corrected chi connectivity index (χ1v) is 14.8. The molecule has 0 aromatic heterocycles. The van der Waals surface area contributed by atoms with Crippen molar-refractivity contribution < 1.29 is 9.53 Å². The minimum atomic E-state index is -1.17. The van der Waals surface area contributed by atoms with E-state index in [4.69, 9.17) is 4.74 Å². The fourth-order valence-corrected chi connectivity index (χ4v) is 11.5. The summed E-state index contributed by atoms with van der Waals surface area (Å²) in [4.78, 5) is 13.0. The number of hydrogen-bond donors (Lipinski definition) is 0. The fraction of sp³-hybridized carbons (Fsp3) is 0.348. The molecule has 2 aromatic carbocycles. The van der Waals surface area contributed by atoms with Gasteiger partial charge in [0.05, 0.1) is 0 Å². The summed E-state index contributed by atoms with van der Waals surface area (Å²) in [6, 6.07) is 17.4. The molecule has 0 heterocycles. The average Bonchev–Trinajstić information content (AvgIpc) is 2.67. The van der Waals surface area contributed by atoms with Gasteiger partial charge in [0.25, 0.3) is 0 Å².